The van der Waals surface area contributed by atoms with E-state index in [9.17, 15) is 4.79 Å². The van der Waals surface area contributed by atoms with E-state index in [0.717, 1.165) is 46.6 Å². The molecule has 0 bridgehead atoms. The number of ether oxygens (including phenoxy) is 1. The number of amides is 1. The zero-order valence-electron chi connectivity index (χ0n) is 21.6. The number of nitrogens with zero attached hydrogens (tertiary/aromatic N) is 3. The van der Waals surface area contributed by atoms with E-state index in [2.05, 4.69) is 17.0 Å². The lowest BCUT2D eigenvalue weighted by molar-refractivity contribution is -0.135. The Bertz CT molecular complexity index is 1360. The number of imidazole rings is 1. The first kappa shape index (κ1) is 25.3. The summed E-state index contributed by atoms with van der Waals surface area (Å²) in [6.45, 7) is 4.80. The van der Waals surface area contributed by atoms with E-state index in [1.165, 1.54) is 19.3 Å². The van der Waals surface area contributed by atoms with Crippen LogP contribution in [0.2, 0.25) is 5.02 Å². The zero-order chi connectivity index (χ0) is 25.8. The molecule has 0 aliphatic heterocycles. The first-order valence-corrected chi connectivity index (χ1v) is 13.6. The number of carbonyl (C=O) groups excluding carboxylic acids is 1. The van der Waals surface area contributed by atoms with Gasteiger partial charge in [-0.2, -0.15) is 0 Å². The van der Waals surface area contributed by atoms with Crippen LogP contribution in [0.1, 0.15) is 62.1 Å². The maximum atomic E-state index is 14.0. The lowest BCUT2D eigenvalue weighted by atomic mass is 9.93. The predicted octanol–water partition coefficient (Wildman–Crippen LogP) is 7.50. The molecule has 0 saturated heterocycles. The van der Waals surface area contributed by atoms with Crippen LogP contribution in [0, 0.1) is 6.92 Å². The highest BCUT2D eigenvalue weighted by Gasteiger charge is 2.28. The second-order valence-electron chi connectivity index (χ2n) is 10.0. The van der Waals surface area contributed by atoms with Crippen molar-refractivity contribution in [1.29, 1.82) is 0 Å². The molecule has 1 aliphatic rings. The maximum absolute atomic E-state index is 14.0. The minimum absolute atomic E-state index is 0.120. The Morgan fingerprint density at radius 3 is 2.54 bits per heavy atom. The molecule has 1 saturated carbocycles. The van der Waals surface area contributed by atoms with E-state index in [0.29, 0.717) is 11.6 Å². The van der Waals surface area contributed by atoms with Gasteiger partial charge in [0.25, 0.3) is 0 Å². The smallest absolute Gasteiger partial charge is 0.243 e. The van der Waals surface area contributed by atoms with Crippen molar-refractivity contribution in [2.24, 2.45) is 0 Å². The standard InChI is InChI=1S/C31H34ClN3O2/c1-22-19-26(17-18-27(22)32)37-23(2)31-33-28-15-9-10-16-29(28)35(31)21-30(36)34(25-13-7-4-8-14-25)20-24-11-5-3-6-12-24/h3,5-6,9-12,15-19,23,25H,4,7-8,13-14,20-21H2,1-2H3. The average Bonchev–Trinajstić information content (AvgIpc) is 3.29. The van der Waals surface area contributed by atoms with E-state index < -0.39 is 0 Å². The molecular weight excluding hydrogens is 482 g/mol. The predicted molar refractivity (Wildman–Crippen MR) is 149 cm³/mol. The van der Waals surface area contributed by atoms with Crippen molar-refractivity contribution in [2.75, 3.05) is 0 Å². The van der Waals surface area contributed by atoms with Crippen molar-refractivity contribution >= 4 is 28.5 Å². The molecule has 0 N–H and O–H groups in total. The molecule has 1 heterocycles. The molecule has 6 heteroatoms. The Kier molecular flexibility index (Phi) is 7.80. The van der Waals surface area contributed by atoms with Crippen molar-refractivity contribution < 1.29 is 9.53 Å². The number of rotatable bonds is 8. The Balaban J connectivity index is 1.45. The topological polar surface area (TPSA) is 47.4 Å². The second kappa shape index (κ2) is 11.4. The number of hydrogen-bond acceptors (Lipinski definition) is 3. The van der Waals surface area contributed by atoms with E-state index in [4.69, 9.17) is 21.3 Å². The first-order valence-electron chi connectivity index (χ1n) is 13.2. The van der Waals surface area contributed by atoms with Gasteiger partial charge in [0.1, 0.15) is 12.3 Å². The molecule has 0 spiro atoms. The van der Waals surface area contributed by atoms with Crippen LogP contribution < -0.4 is 4.74 Å². The van der Waals surface area contributed by atoms with Crippen LogP contribution in [0.3, 0.4) is 0 Å². The monoisotopic (exact) mass is 515 g/mol. The fourth-order valence-corrected chi connectivity index (χ4v) is 5.46. The third-order valence-corrected chi connectivity index (χ3v) is 7.74. The summed E-state index contributed by atoms with van der Waals surface area (Å²) in [6, 6.07) is 24.2. The fraction of sp³-hybridized carbons (Fsp3) is 0.355. The molecule has 5 rings (SSSR count). The van der Waals surface area contributed by atoms with Gasteiger partial charge in [-0.05, 0) is 68.1 Å². The lowest BCUT2D eigenvalue weighted by Crippen LogP contribution is -2.42. The van der Waals surface area contributed by atoms with Crippen LogP contribution in [-0.4, -0.2) is 26.4 Å². The lowest BCUT2D eigenvalue weighted by Gasteiger charge is -2.35. The summed E-state index contributed by atoms with van der Waals surface area (Å²) >= 11 is 6.21. The number of fused-ring (bicyclic) bond motifs is 1. The molecule has 3 aromatic carbocycles. The molecule has 0 radical (unpaired) electrons. The quantitative estimate of drug-likeness (QED) is 0.244. The van der Waals surface area contributed by atoms with Crippen molar-refractivity contribution in [2.45, 2.75) is 71.2 Å². The third-order valence-electron chi connectivity index (χ3n) is 7.31. The van der Waals surface area contributed by atoms with E-state index >= 15 is 0 Å². The van der Waals surface area contributed by atoms with Gasteiger partial charge >= 0.3 is 0 Å². The molecule has 1 amide bonds. The molecule has 4 aromatic rings. The highest BCUT2D eigenvalue weighted by molar-refractivity contribution is 6.31. The van der Waals surface area contributed by atoms with Gasteiger partial charge in [-0.15, -0.1) is 0 Å². The van der Waals surface area contributed by atoms with Crippen LogP contribution >= 0.6 is 11.6 Å². The Hall–Kier alpha value is -3.31. The van der Waals surface area contributed by atoms with E-state index in [1.54, 1.807) is 0 Å². The van der Waals surface area contributed by atoms with Gasteiger partial charge in [0.05, 0.1) is 11.0 Å². The second-order valence-corrected chi connectivity index (χ2v) is 10.4. The molecule has 1 fully saturated rings. The third kappa shape index (κ3) is 5.83. The molecule has 1 atom stereocenters. The fourth-order valence-electron chi connectivity index (χ4n) is 5.34. The minimum Gasteiger partial charge on any atom is -0.483 e. The van der Waals surface area contributed by atoms with Crippen LogP contribution in [0.15, 0.2) is 72.8 Å². The van der Waals surface area contributed by atoms with Crippen LogP contribution in [0.5, 0.6) is 5.75 Å². The Morgan fingerprint density at radius 2 is 1.78 bits per heavy atom. The molecular formula is C31H34ClN3O2. The van der Waals surface area contributed by atoms with Gasteiger partial charge in [-0.25, -0.2) is 4.98 Å². The van der Waals surface area contributed by atoms with Crippen LogP contribution in [0.25, 0.3) is 11.0 Å². The molecule has 1 aliphatic carbocycles. The largest absolute Gasteiger partial charge is 0.483 e. The summed E-state index contributed by atoms with van der Waals surface area (Å²) in [7, 11) is 0. The van der Waals surface area contributed by atoms with Gasteiger partial charge in [-0.1, -0.05) is 73.3 Å². The van der Waals surface area contributed by atoms with Gasteiger partial charge in [-0.3, -0.25) is 4.79 Å². The van der Waals surface area contributed by atoms with Crippen molar-refractivity contribution in [3.05, 3.63) is 94.8 Å². The number of aromatic nitrogens is 2. The highest BCUT2D eigenvalue weighted by atomic mass is 35.5. The normalized spacial score (nSPS) is 15.0. The van der Waals surface area contributed by atoms with E-state index in [-0.39, 0.29) is 24.6 Å². The van der Waals surface area contributed by atoms with Gasteiger partial charge < -0.3 is 14.2 Å². The minimum atomic E-state index is -0.349. The Labute approximate surface area is 224 Å². The van der Waals surface area contributed by atoms with Crippen molar-refractivity contribution in [3.63, 3.8) is 0 Å². The number of benzene rings is 3. The summed E-state index contributed by atoms with van der Waals surface area (Å²) in [5.74, 6) is 1.59. The summed E-state index contributed by atoms with van der Waals surface area (Å²) in [4.78, 5) is 21.0. The molecule has 5 nitrogen and oxygen atoms in total. The van der Waals surface area contributed by atoms with E-state index in [1.807, 2.05) is 79.1 Å². The van der Waals surface area contributed by atoms with Gasteiger partial charge in [0.15, 0.2) is 11.9 Å². The number of aryl methyl sites for hydroxylation is 1. The summed E-state index contributed by atoms with van der Waals surface area (Å²) in [5, 5.41) is 0.707. The Morgan fingerprint density at radius 1 is 1.05 bits per heavy atom. The molecule has 1 unspecified atom stereocenters. The number of halogens is 1. The van der Waals surface area contributed by atoms with Crippen LogP contribution in [-0.2, 0) is 17.9 Å². The summed E-state index contributed by atoms with van der Waals surface area (Å²) in [6.07, 6.45) is 5.37. The average molecular weight is 516 g/mol. The molecule has 1 aromatic heterocycles. The zero-order valence-corrected chi connectivity index (χ0v) is 22.3. The number of hydrogen-bond donors (Lipinski definition) is 0. The number of para-hydroxylation sites is 2. The maximum Gasteiger partial charge on any atom is 0.243 e. The van der Waals surface area contributed by atoms with Crippen molar-refractivity contribution in [3.8, 4) is 5.75 Å². The van der Waals surface area contributed by atoms with Gasteiger partial charge in [0.2, 0.25) is 5.91 Å². The van der Waals surface area contributed by atoms with Crippen molar-refractivity contribution in [1.82, 2.24) is 14.5 Å². The SMILES string of the molecule is Cc1cc(OC(C)c2nc3ccccc3n2CC(=O)N(Cc2ccccc2)C2CCCCC2)ccc1Cl. The first-order chi connectivity index (χ1) is 18.0. The van der Waals surface area contributed by atoms with Gasteiger partial charge in [0, 0.05) is 17.6 Å². The summed E-state index contributed by atoms with van der Waals surface area (Å²) in [5.41, 5.74) is 3.92. The summed E-state index contributed by atoms with van der Waals surface area (Å²) < 4.78 is 8.33. The molecule has 37 heavy (non-hydrogen) atoms. The number of carbonyl (C=O) groups is 1. The molecule has 192 valence electrons. The highest BCUT2D eigenvalue weighted by Crippen LogP contribution is 2.29. The van der Waals surface area contributed by atoms with Crippen LogP contribution in [0.4, 0.5) is 0 Å².